The maximum Gasteiger partial charge on any atom is 0.261 e. The molecule has 1 rings (SSSR count). The molecule has 118 valence electrons. The molecule has 3 N–H and O–H groups in total. The number of rotatable bonds is 6. The second-order valence-electron chi connectivity index (χ2n) is 5.96. The van der Waals surface area contributed by atoms with E-state index in [1.807, 2.05) is 20.8 Å². The molecule has 0 aliphatic rings. The molecule has 0 aromatic heterocycles. The summed E-state index contributed by atoms with van der Waals surface area (Å²) >= 11 is 0. The van der Waals surface area contributed by atoms with E-state index in [1.54, 1.807) is 26.0 Å². The van der Waals surface area contributed by atoms with Gasteiger partial charge in [0.15, 0.2) is 6.10 Å². The van der Waals surface area contributed by atoms with Gasteiger partial charge >= 0.3 is 0 Å². The number of nitrogens with two attached hydrogens (primary N) is 1. The molecular formula is C16H25FN2O2. The van der Waals surface area contributed by atoms with E-state index >= 15 is 0 Å². The van der Waals surface area contributed by atoms with Crippen molar-refractivity contribution in [2.45, 2.75) is 58.7 Å². The third-order valence-corrected chi connectivity index (χ3v) is 3.49. The number of ether oxygens (including phenoxy) is 1. The number of carbonyl (C=O) groups is 1. The van der Waals surface area contributed by atoms with E-state index < -0.39 is 11.9 Å². The van der Waals surface area contributed by atoms with Gasteiger partial charge in [-0.25, -0.2) is 4.39 Å². The van der Waals surface area contributed by atoms with E-state index in [0.717, 1.165) is 6.42 Å². The van der Waals surface area contributed by atoms with Crippen LogP contribution in [-0.2, 0) is 4.79 Å². The minimum absolute atomic E-state index is 0.224. The van der Waals surface area contributed by atoms with Crippen LogP contribution in [0.4, 0.5) is 4.39 Å². The van der Waals surface area contributed by atoms with Gasteiger partial charge in [0.05, 0.1) is 0 Å². The maximum atomic E-state index is 13.8. The largest absolute Gasteiger partial charge is 0.481 e. The van der Waals surface area contributed by atoms with E-state index in [1.165, 1.54) is 6.07 Å². The molecule has 1 aromatic rings. The van der Waals surface area contributed by atoms with Crippen LogP contribution < -0.4 is 15.8 Å². The molecule has 0 bridgehead atoms. The molecular weight excluding hydrogens is 271 g/mol. The van der Waals surface area contributed by atoms with Gasteiger partial charge in [0.2, 0.25) is 0 Å². The number of hydrogen-bond donors (Lipinski definition) is 2. The fraction of sp³-hybridized carbons (Fsp3) is 0.562. The Labute approximate surface area is 125 Å². The summed E-state index contributed by atoms with van der Waals surface area (Å²) in [5.41, 5.74) is 5.78. The third-order valence-electron chi connectivity index (χ3n) is 3.49. The van der Waals surface area contributed by atoms with E-state index in [9.17, 15) is 9.18 Å². The van der Waals surface area contributed by atoms with Crippen LogP contribution in [0.1, 0.15) is 52.6 Å². The number of halogens is 1. The lowest BCUT2D eigenvalue weighted by molar-refractivity contribution is -0.129. The van der Waals surface area contributed by atoms with E-state index in [0.29, 0.717) is 11.3 Å². The van der Waals surface area contributed by atoms with Crippen LogP contribution in [0.25, 0.3) is 0 Å². The van der Waals surface area contributed by atoms with Crippen molar-refractivity contribution >= 4 is 5.91 Å². The van der Waals surface area contributed by atoms with Crippen molar-refractivity contribution in [1.82, 2.24) is 5.32 Å². The Kier molecular flexibility index (Phi) is 5.72. The predicted octanol–water partition coefficient (Wildman–Crippen LogP) is 2.92. The van der Waals surface area contributed by atoms with Gasteiger partial charge in [-0.1, -0.05) is 13.0 Å². The second kappa shape index (κ2) is 6.89. The van der Waals surface area contributed by atoms with Crippen LogP contribution in [0.15, 0.2) is 18.2 Å². The highest BCUT2D eigenvalue weighted by atomic mass is 19.1. The van der Waals surface area contributed by atoms with Gasteiger partial charge in [-0.2, -0.15) is 0 Å². The topological polar surface area (TPSA) is 64.3 Å². The number of hydrogen-bond acceptors (Lipinski definition) is 3. The first-order valence-electron chi connectivity index (χ1n) is 7.20. The summed E-state index contributed by atoms with van der Waals surface area (Å²) in [5, 5.41) is 2.89. The lowest BCUT2D eigenvalue weighted by Gasteiger charge is -2.26. The van der Waals surface area contributed by atoms with Gasteiger partial charge in [0.25, 0.3) is 5.91 Å². The molecule has 0 spiro atoms. The first kappa shape index (κ1) is 17.4. The van der Waals surface area contributed by atoms with Crippen molar-refractivity contribution < 1.29 is 13.9 Å². The van der Waals surface area contributed by atoms with Crippen molar-refractivity contribution in [1.29, 1.82) is 0 Å². The lowest BCUT2D eigenvalue weighted by Crippen LogP contribution is -2.48. The number of carbonyl (C=O) groups excluding carboxylic acids is 1. The Bertz CT molecular complexity index is 501. The summed E-state index contributed by atoms with van der Waals surface area (Å²) in [6.45, 7) is 9.22. The molecule has 4 nitrogen and oxygen atoms in total. The van der Waals surface area contributed by atoms with Crippen molar-refractivity contribution in [2.24, 2.45) is 5.73 Å². The highest BCUT2D eigenvalue weighted by molar-refractivity contribution is 5.81. The zero-order valence-electron chi connectivity index (χ0n) is 13.4. The molecule has 1 unspecified atom stereocenters. The smallest absolute Gasteiger partial charge is 0.261 e. The van der Waals surface area contributed by atoms with Gasteiger partial charge in [-0.3, -0.25) is 4.79 Å². The quantitative estimate of drug-likeness (QED) is 0.848. The average Bonchev–Trinajstić information content (AvgIpc) is 2.37. The van der Waals surface area contributed by atoms with Crippen LogP contribution in [-0.4, -0.2) is 17.6 Å². The van der Waals surface area contributed by atoms with Crippen LogP contribution in [0.2, 0.25) is 0 Å². The Balaban J connectivity index is 2.73. The van der Waals surface area contributed by atoms with E-state index in [-0.39, 0.29) is 17.5 Å². The highest BCUT2D eigenvalue weighted by Crippen LogP contribution is 2.21. The molecule has 1 aromatic carbocycles. The fourth-order valence-electron chi connectivity index (χ4n) is 1.73. The Hall–Kier alpha value is -1.62. The second-order valence-corrected chi connectivity index (χ2v) is 5.96. The van der Waals surface area contributed by atoms with Gasteiger partial charge < -0.3 is 15.8 Å². The molecule has 0 heterocycles. The third kappa shape index (κ3) is 5.01. The van der Waals surface area contributed by atoms with Crippen molar-refractivity contribution in [3.63, 3.8) is 0 Å². The lowest BCUT2D eigenvalue weighted by atomic mass is 10.0. The minimum atomic E-state index is -0.698. The van der Waals surface area contributed by atoms with Crippen molar-refractivity contribution in [2.75, 3.05) is 0 Å². The minimum Gasteiger partial charge on any atom is -0.481 e. The maximum absolute atomic E-state index is 13.8. The van der Waals surface area contributed by atoms with Crippen LogP contribution in [0, 0.1) is 5.82 Å². The Morgan fingerprint density at radius 3 is 2.52 bits per heavy atom. The van der Waals surface area contributed by atoms with Gasteiger partial charge in [-0.05, 0) is 40.2 Å². The Morgan fingerprint density at radius 2 is 2.05 bits per heavy atom. The summed E-state index contributed by atoms with van der Waals surface area (Å²) in [5.74, 6) is -0.337. The van der Waals surface area contributed by atoms with Gasteiger partial charge in [-0.15, -0.1) is 0 Å². The monoisotopic (exact) mass is 296 g/mol. The van der Waals surface area contributed by atoms with Crippen LogP contribution >= 0.6 is 0 Å². The molecule has 0 aliphatic heterocycles. The molecule has 21 heavy (non-hydrogen) atoms. The number of benzene rings is 1. The molecule has 0 saturated carbocycles. The normalized spacial score (nSPS) is 14.4. The zero-order valence-corrected chi connectivity index (χ0v) is 13.4. The van der Waals surface area contributed by atoms with Crippen molar-refractivity contribution in [3.05, 3.63) is 29.6 Å². The molecule has 0 radical (unpaired) electrons. The summed E-state index contributed by atoms with van der Waals surface area (Å²) in [7, 11) is 0. The Morgan fingerprint density at radius 1 is 1.43 bits per heavy atom. The van der Waals surface area contributed by atoms with Crippen molar-refractivity contribution in [3.8, 4) is 5.75 Å². The summed E-state index contributed by atoms with van der Waals surface area (Å²) in [6.07, 6.45) is 0.111. The van der Waals surface area contributed by atoms with E-state index in [2.05, 4.69) is 5.32 Å². The fourth-order valence-corrected chi connectivity index (χ4v) is 1.73. The summed E-state index contributed by atoms with van der Waals surface area (Å²) < 4.78 is 19.3. The van der Waals surface area contributed by atoms with Crippen LogP contribution in [0.3, 0.4) is 0 Å². The SMILES string of the molecule is CCC(C)(C)NC(=O)C(C)Oc1ccc([C@H](C)N)c(F)c1. The van der Waals surface area contributed by atoms with E-state index in [4.69, 9.17) is 10.5 Å². The standard InChI is InChI=1S/C16H25FN2O2/c1-6-16(4,5)19-15(20)11(3)21-12-7-8-13(10(2)18)14(17)9-12/h7-11H,6,18H2,1-5H3,(H,19,20)/t10-,11?/m0/s1. The summed E-state index contributed by atoms with van der Waals surface area (Å²) in [4.78, 5) is 12.0. The average molecular weight is 296 g/mol. The molecule has 0 aliphatic carbocycles. The zero-order chi connectivity index (χ0) is 16.2. The molecule has 1 amide bonds. The molecule has 0 fully saturated rings. The highest BCUT2D eigenvalue weighted by Gasteiger charge is 2.23. The first-order chi connectivity index (χ1) is 9.66. The molecule has 5 heteroatoms. The molecule has 2 atom stereocenters. The van der Waals surface area contributed by atoms with Gasteiger partial charge in [0.1, 0.15) is 11.6 Å². The molecule has 0 saturated heterocycles. The number of nitrogens with one attached hydrogen (secondary N) is 1. The predicted molar refractivity (Wildman–Crippen MR) is 81.6 cm³/mol. The van der Waals surface area contributed by atoms with Gasteiger partial charge in [0, 0.05) is 23.2 Å². The first-order valence-corrected chi connectivity index (χ1v) is 7.20. The number of amides is 1. The van der Waals surface area contributed by atoms with Crippen LogP contribution in [0.5, 0.6) is 5.75 Å². The summed E-state index contributed by atoms with van der Waals surface area (Å²) in [6, 6.07) is 4.07.